The number of benzene rings is 1. The summed E-state index contributed by atoms with van der Waals surface area (Å²) in [5, 5.41) is 12.4. The lowest BCUT2D eigenvalue weighted by Crippen LogP contribution is -2.30. The molecule has 0 saturated heterocycles. The Morgan fingerprint density at radius 1 is 1.39 bits per heavy atom. The number of likely N-dealkylation sites (N-methyl/N-ethyl adjacent to an activating group) is 1. The molecule has 0 heterocycles. The van der Waals surface area contributed by atoms with Crippen LogP contribution in [0.3, 0.4) is 0 Å². The zero-order valence-electron chi connectivity index (χ0n) is 11.4. The molecular formula is C14H23FN2O. The Morgan fingerprint density at radius 3 is 2.61 bits per heavy atom. The lowest BCUT2D eigenvalue weighted by molar-refractivity contribution is 0.139. The first-order chi connectivity index (χ1) is 8.54. The largest absolute Gasteiger partial charge is 0.392 e. The summed E-state index contributed by atoms with van der Waals surface area (Å²) in [6.45, 7) is 3.21. The first-order valence-electron chi connectivity index (χ1n) is 6.33. The van der Waals surface area contributed by atoms with Crippen LogP contribution in [-0.4, -0.2) is 43.3 Å². The minimum Gasteiger partial charge on any atom is -0.392 e. The summed E-state index contributed by atoms with van der Waals surface area (Å²) < 4.78 is 13.7. The number of aliphatic hydroxyl groups is 1. The van der Waals surface area contributed by atoms with Crippen LogP contribution in [0, 0.1) is 5.82 Å². The van der Waals surface area contributed by atoms with Crippen LogP contribution in [0.15, 0.2) is 24.3 Å². The van der Waals surface area contributed by atoms with Gasteiger partial charge in [0, 0.05) is 18.2 Å². The predicted molar refractivity (Wildman–Crippen MR) is 72.0 cm³/mol. The number of nitrogens with zero attached hydrogens (tertiary/aromatic N) is 1. The third kappa shape index (κ3) is 4.72. The molecule has 2 unspecified atom stereocenters. The number of halogens is 1. The molecule has 18 heavy (non-hydrogen) atoms. The molecule has 0 amide bonds. The van der Waals surface area contributed by atoms with Gasteiger partial charge in [0.25, 0.3) is 0 Å². The monoisotopic (exact) mass is 254 g/mol. The van der Waals surface area contributed by atoms with Crippen LogP contribution in [0.2, 0.25) is 0 Å². The van der Waals surface area contributed by atoms with Gasteiger partial charge < -0.3 is 15.3 Å². The molecule has 0 radical (unpaired) electrons. The van der Waals surface area contributed by atoms with Gasteiger partial charge in [-0.1, -0.05) is 18.2 Å². The molecule has 1 rings (SSSR count). The van der Waals surface area contributed by atoms with Gasteiger partial charge in [0.1, 0.15) is 5.82 Å². The SMILES string of the molecule is CNC(CCN(C)CC(C)O)c1ccccc1F. The van der Waals surface area contributed by atoms with Crippen molar-refractivity contribution >= 4 is 0 Å². The van der Waals surface area contributed by atoms with Crippen LogP contribution < -0.4 is 5.32 Å². The zero-order chi connectivity index (χ0) is 13.5. The van der Waals surface area contributed by atoms with Crippen molar-refractivity contribution in [2.24, 2.45) is 0 Å². The molecule has 0 aliphatic carbocycles. The van der Waals surface area contributed by atoms with E-state index in [1.807, 2.05) is 26.2 Å². The highest BCUT2D eigenvalue weighted by molar-refractivity contribution is 5.21. The maximum atomic E-state index is 13.7. The first-order valence-corrected chi connectivity index (χ1v) is 6.33. The Balaban J connectivity index is 2.55. The predicted octanol–water partition coefficient (Wildman–Crippen LogP) is 1.79. The Labute approximate surface area is 109 Å². The number of nitrogens with one attached hydrogen (secondary N) is 1. The minimum atomic E-state index is -0.337. The van der Waals surface area contributed by atoms with Gasteiger partial charge in [-0.25, -0.2) is 4.39 Å². The van der Waals surface area contributed by atoms with Gasteiger partial charge in [-0.3, -0.25) is 0 Å². The van der Waals surface area contributed by atoms with E-state index in [-0.39, 0.29) is 18.0 Å². The second kappa shape index (κ2) is 7.46. The fraction of sp³-hybridized carbons (Fsp3) is 0.571. The number of rotatable bonds is 7. The summed E-state index contributed by atoms with van der Waals surface area (Å²) in [5.41, 5.74) is 0.699. The van der Waals surface area contributed by atoms with Crippen molar-refractivity contribution in [1.29, 1.82) is 0 Å². The molecule has 4 heteroatoms. The van der Waals surface area contributed by atoms with Gasteiger partial charge >= 0.3 is 0 Å². The van der Waals surface area contributed by atoms with Gasteiger partial charge in [-0.05, 0) is 40.1 Å². The van der Waals surface area contributed by atoms with Crippen LogP contribution >= 0.6 is 0 Å². The van der Waals surface area contributed by atoms with Crippen molar-refractivity contribution in [3.63, 3.8) is 0 Å². The van der Waals surface area contributed by atoms with Gasteiger partial charge in [0.05, 0.1) is 6.10 Å². The van der Waals surface area contributed by atoms with Crippen LogP contribution in [0.25, 0.3) is 0 Å². The van der Waals surface area contributed by atoms with E-state index < -0.39 is 0 Å². The van der Waals surface area contributed by atoms with Crippen molar-refractivity contribution in [3.05, 3.63) is 35.6 Å². The van der Waals surface area contributed by atoms with E-state index in [0.29, 0.717) is 12.1 Å². The van der Waals surface area contributed by atoms with Crippen molar-refractivity contribution in [1.82, 2.24) is 10.2 Å². The molecule has 0 spiro atoms. The van der Waals surface area contributed by atoms with Gasteiger partial charge in [-0.2, -0.15) is 0 Å². The number of aliphatic hydroxyl groups excluding tert-OH is 1. The molecule has 2 atom stereocenters. The van der Waals surface area contributed by atoms with Gasteiger partial charge in [0.2, 0.25) is 0 Å². The van der Waals surface area contributed by atoms with E-state index in [4.69, 9.17) is 0 Å². The summed E-state index contributed by atoms with van der Waals surface area (Å²) >= 11 is 0. The summed E-state index contributed by atoms with van der Waals surface area (Å²) in [4.78, 5) is 2.05. The molecule has 0 saturated carbocycles. The molecule has 0 fully saturated rings. The van der Waals surface area contributed by atoms with Crippen molar-refractivity contribution in [2.75, 3.05) is 27.2 Å². The minimum absolute atomic E-state index is 0.00245. The third-order valence-electron chi connectivity index (χ3n) is 3.00. The highest BCUT2D eigenvalue weighted by Crippen LogP contribution is 2.19. The summed E-state index contributed by atoms with van der Waals surface area (Å²) in [6, 6.07) is 6.85. The highest BCUT2D eigenvalue weighted by atomic mass is 19.1. The molecule has 0 bridgehead atoms. The quantitative estimate of drug-likeness (QED) is 0.778. The van der Waals surface area contributed by atoms with E-state index >= 15 is 0 Å². The normalized spacial score (nSPS) is 14.8. The molecule has 1 aromatic carbocycles. The Morgan fingerprint density at radius 2 is 2.06 bits per heavy atom. The van der Waals surface area contributed by atoms with Crippen molar-refractivity contribution < 1.29 is 9.50 Å². The Kier molecular flexibility index (Phi) is 6.25. The molecule has 102 valence electrons. The molecule has 1 aromatic rings. The average molecular weight is 254 g/mol. The van der Waals surface area contributed by atoms with Crippen LogP contribution in [0.4, 0.5) is 4.39 Å². The van der Waals surface area contributed by atoms with Crippen LogP contribution in [0.1, 0.15) is 24.9 Å². The van der Waals surface area contributed by atoms with E-state index in [0.717, 1.165) is 13.0 Å². The Hall–Kier alpha value is -0.970. The lowest BCUT2D eigenvalue weighted by atomic mass is 10.0. The molecule has 0 aromatic heterocycles. The molecular weight excluding hydrogens is 231 g/mol. The second-order valence-electron chi connectivity index (χ2n) is 4.76. The highest BCUT2D eigenvalue weighted by Gasteiger charge is 2.14. The molecule has 3 nitrogen and oxygen atoms in total. The maximum Gasteiger partial charge on any atom is 0.127 e. The molecule has 2 N–H and O–H groups in total. The third-order valence-corrected chi connectivity index (χ3v) is 3.00. The summed E-state index contributed by atoms with van der Waals surface area (Å²) in [7, 11) is 3.80. The van der Waals surface area contributed by atoms with Gasteiger partial charge in [0.15, 0.2) is 0 Å². The fourth-order valence-corrected chi connectivity index (χ4v) is 2.10. The number of hydrogen-bond acceptors (Lipinski definition) is 3. The maximum absolute atomic E-state index is 13.7. The molecule has 0 aliphatic heterocycles. The smallest absolute Gasteiger partial charge is 0.127 e. The first kappa shape index (κ1) is 15.1. The summed E-state index contributed by atoms with van der Waals surface area (Å²) in [6.07, 6.45) is 0.470. The standard InChI is InChI=1S/C14H23FN2O/c1-11(18)10-17(3)9-8-14(16-2)12-6-4-5-7-13(12)15/h4-7,11,14,16,18H,8-10H2,1-3H3. The van der Waals surface area contributed by atoms with E-state index in [9.17, 15) is 9.50 Å². The number of hydrogen-bond donors (Lipinski definition) is 2. The van der Waals surface area contributed by atoms with Crippen LogP contribution in [0.5, 0.6) is 0 Å². The fourth-order valence-electron chi connectivity index (χ4n) is 2.10. The van der Waals surface area contributed by atoms with E-state index in [2.05, 4.69) is 10.2 Å². The topological polar surface area (TPSA) is 35.5 Å². The van der Waals surface area contributed by atoms with Crippen molar-refractivity contribution in [2.45, 2.75) is 25.5 Å². The van der Waals surface area contributed by atoms with E-state index in [1.165, 1.54) is 6.07 Å². The average Bonchev–Trinajstić information content (AvgIpc) is 2.31. The lowest BCUT2D eigenvalue weighted by Gasteiger charge is -2.23. The zero-order valence-corrected chi connectivity index (χ0v) is 11.4. The van der Waals surface area contributed by atoms with Crippen LogP contribution in [-0.2, 0) is 0 Å². The Bertz CT molecular complexity index is 357. The van der Waals surface area contributed by atoms with E-state index in [1.54, 1.807) is 13.0 Å². The van der Waals surface area contributed by atoms with Gasteiger partial charge in [-0.15, -0.1) is 0 Å². The second-order valence-corrected chi connectivity index (χ2v) is 4.76. The molecule has 0 aliphatic rings. The summed E-state index contributed by atoms with van der Waals surface area (Å²) in [5.74, 6) is -0.171. The van der Waals surface area contributed by atoms with Crippen molar-refractivity contribution in [3.8, 4) is 0 Å².